The maximum absolute atomic E-state index is 12.7. The lowest BCUT2D eigenvalue weighted by atomic mass is 9.92. The highest BCUT2D eigenvalue weighted by Gasteiger charge is 2.22. The molecule has 0 atom stereocenters. The van der Waals surface area contributed by atoms with Gasteiger partial charge in [-0.15, -0.1) is 0 Å². The molecule has 0 bridgehead atoms. The van der Waals surface area contributed by atoms with Crippen molar-refractivity contribution in [3.63, 3.8) is 0 Å². The maximum atomic E-state index is 12.7. The summed E-state index contributed by atoms with van der Waals surface area (Å²) in [7, 11) is -4.10. The summed E-state index contributed by atoms with van der Waals surface area (Å²) in [5.74, 6) is 0.163. The number of aromatic nitrogens is 1. The molecule has 6 nitrogen and oxygen atoms in total. The standard InChI is InChI=1S/C22H24ClN3O3S/c1-13(2)18-10-16(23)11-19(14(3)4)21(18)25-22(27)26-30(28,29)17-9-15-7-5-6-8-20(15)24-12-17/h5-14H,1-4H3,(H2,25,26,27). The molecule has 2 N–H and O–H groups in total. The Morgan fingerprint density at radius 3 is 2.20 bits per heavy atom. The van der Waals surface area contributed by atoms with Gasteiger partial charge in [0.15, 0.2) is 0 Å². The van der Waals surface area contributed by atoms with Gasteiger partial charge in [-0.2, -0.15) is 0 Å². The van der Waals surface area contributed by atoms with E-state index in [-0.39, 0.29) is 16.7 Å². The summed E-state index contributed by atoms with van der Waals surface area (Å²) in [5, 5.41) is 3.97. The fourth-order valence-corrected chi connectivity index (χ4v) is 4.34. The molecular weight excluding hydrogens is 422 g/mol. The first-order valence-corrected chi connectivity index (χ1v) is 11.5. The van der Waals surface area contributed by atoms with Crippen LogP contribution in [0.1, 0.15) is 50.7 Å². The van der Waals surface area contributed by atoms with Crippen LogP contribution >= 0.6 is 11.6 Å². The van der Waals surface area contributed by atoms with Crippen LogP contribution in [0.15, 0.2) is 53.6 Å². The van der Waals surface area contributed by atoms with Crippen LogP contribution in [0.3, 0.4) is 0 Å². The summed E-state index contributed by atoms with van der Waals surface area (Å²) in [4.78, 5) is 16.7. The van der Waals surface area contributed by atoms with Crippen LogP contribution in [0.2, 0.25) is 5.02 Å². The summed E-state index contributed by atoms with van der Waals surface area (Å²) in [6, 6.07) is 11.4. The van der Waals surface area contributed by atoms with E-state index in [1.54, 1.807) is 30.3 Å². The van der Waals surface area contributed by atoms with Crippen LogP contribution in [-0.4, -0.2) is 19.4 Å². The molecule has 0 fully saturated rings. The zero-order valence-corrected chi connectivity index (χ0v) is 18.8. The van der Waals surface area contributed by atoms with Crippen molar-refractivity contribution in [2.45, 2.75) is 44.4 Å². The van der Waals surface area contributed by atoms with Gasteiger partial charge in [-0.05, 0) is 47.2 Å². The summed E-state index contributed by atoms with van der Waals surface area (Å²) in [6.45, 7) is 7.93. The van der Waals surface area contributed by atoms with Gasteiger partial charge in [0, 0.05) is 22.3 Å². The van der Waals surface area contributed by atoms with Crippen molar-refractivity contribution >= 4 is 44.2 Å². The molecule has 1 aromatic heterocycles. The average Bonchev–Trinajstić information content (AvgIpc) is 2.67. The highest BCUT2D eigenvalue weighted by Crippen LogP contribution is 2.35. The molecule has 3 aromatic rings. The highest BCUT2D eigenvalue weighted by atomic mass is 35.5. The Hall–Kier alpha value is -2.64. The van der Waals surface area contributed by atoms with Gasteiger partial charge >= 0.3 is 6.03 Å². The molecule has 0 unspecified atom stereocenters. The quantitative estimate of drug-likeness (QED) is 0.531. The predicted molar refractivity (Wildman–Crippen MR) is 121 cm³/mol. The first-order chi connectivity index (χ1) is 14.1. The highest BCUT2D eigenvalue weighted by molar-refractivity contribution is 7.90. The topological polar surface area (TPSA) is 88.2 Å². The number of sulfonamides is 1. The van der Waals surface area contributed by atoms with E-state index in [0.29, 0.717) is 21.6 Å². The van der Waals surface area contributed by atoms with Gasteiger partial charge in [0.2, 0.25) is 0 Å². The zero-order valence-electron chi connectivity index (χ0n) is 17.2. The lowest BCUT2D eigenvalue weighted by Gasteiger charge is -2.21. The Balaban J connectivity index is 1.91. The Morgan fingerprint density at radius 1 is 1.00 bits per heavy atom. The minimum Gasteiger partial charge on any atom is -0.307 e. The minimum atomic E-state index is -4.10. The zero-order chi connectivity index (χ0) is 22.1. The van der Waals surface area contributed by atoms with Crippen molar-refractivity contribution in [1.82, 2.24) is 9.71 Å². The molecule has 0 aliphatic rings. The van der Waals surface area contributed by atoms with Crippen LogP contribution in [0.5, 0.6) is 0 Å². The van der Waals surface area contributed by atoms with E-state index >= 15 is 0 Å². The number of urea groups is 1. The summed E-state index contributed by atoms with van der Waals surface area (Å²) in [6.07, 6.45) is 1.24. The van der Waals surface area contributed by atoms with E-state index in [9.17, 15) is 13.2 Å². The third-order valence-corrected chi connectivity index (χ3v) is 6.27. The van der Waals surface area contributed by atoms with Gasteiger partial charge in [-0.1, -0.05) is 57.5 Å². The van der Waals surface area contributed by atoms with E-state index < -0.39 is 16.1 Å². The lowest BCUT2D eigenvalue weighted by Crippen LogP contribution is -2.35. The van der Waals surface area contributed by atoms with E-state index in [2.05, 4.69) is 15.0 Å². The van der Waals surface area contributed by atoms with Crippen LogP contribution in [0, 0.1) is 0 Å². The molecule has 8 heteroatoms. The van der Waals surface area contributed by atoms with Gasteiger partial charge < -0.3 is 5.32 Å². The number of carbonyl (C=O) groups is 1. The second-order valence-corrected chi connectivity index (χ2v) is 9.81. The molecule has 0 saturated carbocycles. The van der Waals surface area contributed by atoms with Gasteiger partial charge in [0.25, 0.3) is 10.0 Å². The number of amides is 2. The number of benzene rings is 2. The number of para-hydroxylation sites is 1. The molecule has 0 aliphatic heterocycles. The summed E-state index contributed by atoms with van der Waals surface area (Å²) < 4.78 is 27.6. The molecule has 2 amide bonds. The van der Waals surface area contributed by atoms with E-state index in [1.165, 1.54) is 12.3 Å². The predicted octanol–water partition coefficient (Wildman–Crippen LogP) is 5.65. The van der Waals surface area contributed by atoms with Crippen LogP contribution in [-0.2, 0) is 10.0 Å². The number of pyridine rings is 1. The van der Waals surface area contributed by atoms with Crippen molar-refractivity contribution in [1.29, 1.82) is 0 Å². The molecule has 3 rings (SSSR count). The molecule has 0 spiro atoms. The first kappa shape index (κ1) is 22.1. The van der Waals surface area contributed by atoms with Crippen LogP contribution in [0.25, 0.3) is 10.9 Å². The van der Waals surface area contributed by atoms with E-state index in [4.69, 9.17) is 11.6 Å². The molecule has 0 aliphatic carbocycles. The molecule has 2 aromatic carbocycles. The largest absolute Gasteiger partial charge is 0.333 e. The number of anilines is 1. The normalized spacial score (nSPS) is 11.8. The van der Waals surface area contributed by atoms with E-state index in [0.717, 1.165) is 11.1 Å². The Labute approximate surface area is 181 Å². The lowest BCUT2D eigenvalue weighted by molar-refractivity contribution is 0.256. The van der Waals surface area contributed by atoms with E-state index in [1.807, 2.05) is 33.8 Å². The fourth-order valence-electron chi connectivity index (χ4n) is 3.22. The Kier molecular flexibility index (Phi) is 6.33. The number of hydrogen-bond donors (Lipinski definition) is 2. The number of hydrogen-bond acceptors (Lipinski definition) is 4. The number of fused-ring (bicyclic) bond motifs is 1. The second-order valence-electron chi connectivity index (χ2n) is 7.69. The van der Waals surface area contributed by atoms with Gasteiger partial charge in [-0.3, -0.25) is 4.98 Å². The number of nitrogens with zero attached hydrogens (tertiary/aromatic N) is 1. The third-order valence-electron chi connectivity index (χ3n) is 4.75. The molecule has 0 saturated heterocycles. The Bertz CT molecular complexity index is 1180. The fraction of sp³-hybridized carbons (Fsp3) is 0.273. The van der Waals surface area contributed by atoms with Crippen molar-refractivity contribution < 1.29 is 13.2 Å². The molecule has 30 heavy (non-hydrogen) atoms. The van der Waals surface area contributed by atoms with Crippen LogP contribution < -0.4 is 10.0 Å². The number of nitrogens with one attached hydrogen (secondary N) is 2. The molecular formula is C22H24ClN3O3S. The molecule has 0 radical (unpaired) electrons. The van der Waals surface area contributed by atoms with Crippen molar-refractivity contribution in [2.24, 2.45) is 0 Å². The maximum Gasteiger partial charge on any atom is 0.333 e. The van der Waals surface area contributed by atoms with Gasteiger partial charge in [-0.25, -0.2) is 17.9 Å². The number of carbonyl (C=O) groups excluding carboxylic acids is 1. The first-order valence-electron chi connectivity index (χ1n) is 9.60. The third kappa shape index (κ3) is 4.74. The van der Waals surface area contributed by atoms with Crippen molar-refractivity contribution in [2.75, 3.05) is 5.32 Å². The van der Waals surface area contributed by atoms with Crippen molar-refractivity contribution in [3.05, 3.63) is 64.8 Å². The van der Waals surface area contributed by atoms with Gasteiger partial charge in [0.1, 0.15) is 4.90 Å². The smallest absolute Gasteiger partial charge is 0.307 e. The van der Waals surface area contributed by atoms with Crippen molar-refractivity contribution in [3.8, 4) is 0 Å². The second kappa shape index (κ2) is 8.62. The van der Waals surface area contributed by atoms with Crippen LogP contribution in [0.4, 0.5) is 10.5 Å². The van der Waals surface area contributed by atoms with Gasteiger partial charge in [0.05, 0.1) is 5.52 Å². The molecule has 158 valence electrons. The monoisotopic (exact) mass is 445 g/mol. The average molecular weight is 446 g/mol. The summed E-state index contributed by atoms with van der Waals surface area (Å²) in [5.41, 5.74) is 2.93. The summed E-state index contributed by atoms with van der Waals surface area (Å²) >= 11 is 6.25. The molecule has 1 heterocycles. The number of rotatable bonds is 5. The Morgan fingerprint density at radius 2 is 1.60 bits per heavy atom. The minimum absolute atomic E-state index is 0.0813. The number of halogens is 1. The SMILES string of the molecule is CC(C)c1cc(Cl)cc(C(C)C)c1NC(=O)NS(=O)(=O)c1cnc2ccccc2c1.